The largest absolute Gasteiger partial charge is 0.308 e. The summed E-state index contributed by atoms with van der Waals surface area (Å²) in [4.78, 5) is 27.4. The third-order valence-electron chi connectivity index (χ3n) is 5.91. The fourth-order valence-corrected chi connectivity index (χ4v) is 3.07. The van der Waals surface area contributed by atoms with Gasteiger partial charge in [-0.25, -0.2) is 0 Å². The number of rotatable bonds is 13. The second kappa shape index (κ2) is 10.7. The summed E-state index contributed by atoms with van der Waals surface area (Å²) in [5.41, 5.74) is 0.296. The van der Waals surface area contributed by atoms with Crippen molar-refractivity contribution in [1.29, 1.82) is 0 Å². The molecule has 0 saturated carbocycles. The van der Waals surface area contributed by atoms with E-state index in [0.717, 1.165) is 18.5 Å². The molecule has 0 aliphatic carbocycles. The standard InChI is InChI=1S/C20H37N5O2/c1-8-15(4)19(27)16(5)24(7)20(6,10-3)18(26)13-21-11-12-25-14-17(9-2)22-23-25/h14-16,21H,8-13H2,1-7H3. The van der Waals surface area contributed by atoms with Gasteiger partial charge in [-0.15, -0.1) is 5.10 Å². The molecule has 0 aromatic carbocycles. The van der Waals surface area contributed by atoms with Crippen LogP contribution in [0.1, 0.15) is 60.1 Å². The molecule has 1 aromatic rings. The molecule has 0 aliphatic rings. The number of Topliss-reactive ketones (excluding diaryl/α,β-unsaturated/α-hetero) is 2. The van der Waals surface area contributed by atoms with Gasteiger partial charge in [0, 0.05) is 18.7 Å². The van der Waals surface area contributed by atoms with Crippen molar-refractivity contribution in [2.75, 3.05) is 20.1 Å². The lowest BCUT2D eigenvalue weighted by molar-refractivity contribution is -0.136. The average Bonchev–Trinajstić information content (AvgIpc) is 3.15. The highest BCUT2D eigenvalue weighted by Gasteiger charge is 2.39. The van der Waals surface area contributed by atoms with Gasteiger partial charge in [-0.2, -0.15) is 0 Å². The Bertz CT molecular complexity index is 615. The lowest BCUT2D eigenvalue weighted by Gasteiger charge is -2.40. The summed E-state index contributed by atoms with van der Waals surface area (Å²) in [5.74, 6) is 0.301. The van der Waals surface area contributed by atoms with Gasteiger partial charge < -0.3 is 5.32 Å². The highest BCUT2D eigenvalue weighted by atomic mass is 16.1. The number of hydrogen-bond acceptors (Lipinski definition) is 6. The van der Waals surface area contributed by atoms with Gasteiger partial charge in [-0.05, 0) is 40.2 Å². The second-order valence-electron chi connectivity index (χ2n) is 7.55. The quantitative estimate of drug-likeness (QED) is 0.529. The smallest absolute Gasteiger partial charge is 0.166 e. The van der Waals surface area contributed by atoms with Gasteiger partial charge in [0.1, 0.15) is 0 Å². The Kier molecular flexibility index (Phi) is 9.26. The Morgan fingerprint density at radius 3 is 2.48 bits per heavy atom. The maximum atomic E-state index is 12.9. The number of nitrogens with zero attached hydrogens (tertiary/aromatic N) is 4. The number of ketones is 2. The zero-order chi connectivity index (χ0) is 20.6. The molecule has 3 atom stereocenters. The molecule has 0 fully saturated rings. The van der Waals surface area contributed by atoms with Crippen molar-refractivity contribution in [2.24, 2.45) is 5.92 Å². The predicted octanol–water partition coefficient (Wildman–Crippen LogP) is 2.10. The summed E-state index contributed by atoms with van der Waals surface area (Å²) in [7, 11) is 1.88. The van der Waals surface area contributed by atoms with Crippen LogP contribution in [0.5, 0.6) is 0 Å². The fourth-order valence-electron chi connectivity index (χ4n) is 3.07. The molecule has 7 heteroatoms. The first-order valence-electron chi connectivity index (χ1n) is 10.1. The van der Waals surface area contributed by atoms with Gasteiger partial charge in [0.25, 0.3) is 0 Å². The van der Waals surface area contributed by atoms with E-state index in [0.29, 0.717) is 19.5 Å². The van der Waals surface area contributed by atoms with Crippen LogP contribution in [0, 0.1) is 5.92 Å². The van der Waals surface area contributed by atoms with E-state index >= 15 is 0 Å². The van der Waals surface area contributed by atoms with Crippen molar-refractivity contribution >= 4 is 11.6 Å². The topological polar surface area (TPSA) is 80.1 Å². The Balaban J connectivity index is 2.61. The molecule has 1 aromatic heterocycles. The highest BCUT2D eigenvalue weighted by molar-refractivity contribution is 5.91. The Labute approximate surface area is 163 Å². The van der Waals surface area contributed by atoms with Crippen LogP contribution in [0.2, 0.25) is 0 Å². The first kappa shape index (κ1) is 23.4. The Morgan fingerprint density at radius 1 is 1.30 bits per heavy atom. The van der Waals surface area contributed by atoms with Gasteiger partial charge in [-0.1, -0.05) is 32.9 Å². The van der Waals surface area contributed by atoms with E-state index in [2.05, 4.69) is 15.6 Å². The Morgan fingerprint density at radius 2 is 1.96 bits per heavy atom. The monoisotopic (exact) mass is 379 g/mol. The van der Waals surface area contributed by atoms with Crippen LogP contribution in [0.3, 0.4) is 0 Å². The molecule has 1 rings (SSSR count). The number of likely N-dealkylation sites (N-methyl/N-ethyl adjacent to an activating group) is 1. The van der Waals surface area contributed by atoms with Gasteiger partial charge in [0.05, 0.1) is 30.4 Å². The summed E-state index contributed by atoms with van der Waals surface area (Å²) in [6, 6.07) is -0.281. The van der Waals surface area contributed by atoms with Crippen LogP contribution in [0.15, 0.2) is 6.20 Å². The van der Waals surface area contributed by atoms with Gasteiger partial charge >= 0.3 is 0 Å². The minimum absolute atomic E-state index is 0.00692. The second-order valence-corrected chi connectivity index (χ2v) is 7.55. The fraction of sp³-hybridized carbons (Fsp3) is 0.800. The average molecular weight is 380 g/mol. The van der Waals surface area contributed by atoms with Crippen molar-refractivity contribution < 1.29 is 9.59 Å². The minimum Gasteiger partial charge on any atom is -0.308 e. The number of aromatic nitrogens is 3. The first-order valence-corrected chi connectivity index (χ1v) is 10.1. The number of carbonyl (C=O) groups excluding carboxylic acids is 2. The molecule has 0 radical (unpaired) electrons. The minimum atomic E-state index is -0.668. The summed E-state index contributed by atoms with van der Waals surface area (Å²) < 4.78 is 1.79. The van der Waals surface area contributed by atoms with E-state index in [1.165, 1.54) is 0 Å². The molecule has 0 saturated heterocycles. The van der Waals surface area contributed by atoms with E-state index in [1.807, 2.05) is 59.7 Å². The van der Waals surface area contributed by atoms with Crippen LogP contribution < -0.4 is 5.32 Å². The van der Waals surface area contributed by atoms with Crippen LogP contribution in [-0.4, -0.2) is 63.2 Å². The normalized spacial score (nSPS) is 16.1. The van der Waals surface area contributed by atoms with E-state index in [9.17, 15) is 9.59 Å². The third-order valence-corrected chi connectivity index (χ3v) is 5.91. The molecule has 0 amide bonds. The van der Waals surface area contributed by atoms with E-state index in [4.69, 9.17) is 0 Å². The molecular formula is C20H37N5O2. The molecule has 3 unspecified atom stereocenters. The Hall–Kier alpha value is -1.60. The van der Waals surface area contributed by atoms with Crippen LogP contribution in [-0.2, 0) is 22.6 Å². The van der Waals surface area contributed by atoms with Crippen molar-refractivity contribution in [1.82, 2.24) is 25.2 Å². The lowest BCUT2D eigenvalue weighted by atomic mass is 9.87. The molecule has 0 aliphatic heterocycles. The lowest BCUT2D eigenvalue weighted by Crippen LogP contribution is -2.58. The van der Waals surface area contributed by atoms with Crippen molar-refractivity contribution in [2.45, 2.75) is 78.9 Å². The van der Waals surface area contributed by atoms with E-state index in [1.54, 1.807) is 4.68 Å². The van der Waals surface area contributed by atoms with E-state index < -0.39 is 5.54 Å². The third kappa shape index (κ3) is 5.94. The van der Waals surface area contributed by atoms with Gasteiger partial charge in [-0.3, -0.25) is 19.2 Å². The van der Waals surface area contributed by atoms with Crippen LogP contribution in [0.25, 0.3) is 0 Å². The maximum Gasteiger partial charge on any atom is 0.166 e. The first-order chi connectivity index (χ1) is 12.7. The molecule has 1 heterocycles. The summed E-state index contributed by atoms with van der Waals surface area (Å²) >= 11 is 0. The number of aryl methyl sites for hydroxylation is 1. The molecule has 0 spiro atoms. The van der Waals surface area contributed by atoms with E-state index in [-0.39, 0.29) is 30.1 Å². The van der Waals surface area contributed by atoms with Crippen LogP contribution in [0.4, 0.5) is 0 Å². The highest BCUT2D eigenvalue weighted by Crippen LogP contribution is 2.23. The summed E-state index contributed by atoms with van der Waals surface area (Å²) in [6.45, 7) is 13.4. The van der Waals surface area contributed by atoms with Gasteiger partial charge in [0.15, 0.2) is 11.6 Å². The molecule has 1 N–H and O–H groups in total. The predicted molar refractivity (Wildman–Crippen MR) is 108 cm³/mol. The van der Waals surface area contributed by atoms with Crippen LogP contribution >= 0.6 is 0 Å². The van der Waals surface area contributed by atoms with Crippen molar-refractivity contribution in [3.05, 3.63) is 11.9 Å². The summed E-state index contributed by atoms with van der Waals surface area (Å²) in [6.07, 6.45) is 4.26. The number of hydrogen-bond donors (Lipinski definition) is 1. The van der Waals surface area contributed by atoms with Gasteiger partial charge in [0.2, 0.25) is 0 Å². The molecule has 0 bridgehead atoms. The summed E-state index contributed by atoms with van der Waals surface area (Å²) in [5, 5.41) is 11.3. The van der Waals surface area contributed by atoms with Crippen molar-refractivity contribution in [3.63, 3.8) is 0 Å². The number of nitrogens with one attached hydrogen (secondary N) is 1. The molecule has 27 heavy (non-hydrogen) atoms. The zero-order valence-electron chi connectivity index (χ0n) is 18.1. The maximum absolute atomic E-state index is 12.9. The van der Waals surface area contributed by atoms with Crippen molar-refractivity contribution in [3.8, 4) is 0 Å². The zero-order valence-corrected chi connectivity index (χ0v) is 18.1. The SMILES string of the molecule is CCc1cn(CCNCC(=O)C(C)(CC)N(C)C(C)C(=O)C(C)CC)nn1. The molecule has 154 valence electrons. The number of carbonyl (C=O) groups is 2. The molecular weight excluding hydrogens is 342 g/mol. The molecule has 7 nitrogen and oxygen atoms in total.